The van der Waals surface area contributed by atoms with Crippen molar-refractivity contribution in [3.63, 3.8) is 0 Å². The molecule has 5 fully saturated rings. The number of carbonyl (C=O) groups is 5. The monoisotopic (exact) mass is 2020 g/mol. The van der Waals surface area contributed by atoms with Gasteiger partial charge in [0.15, 0.2) is 56.2 Å². The van der Waals surface area contributed by atoms with Gasteiger partial charge in [0.05, 0.1) is 81.4 Å². The van der Waals surface area contributed by atoms with Crippen molar-refractivity contribution >= 4 is 136 Å². The predicted octanol–water partition coefficient (Wildman–Crippen LogP) is 6.59. The maximum atomic E-state index is 12.6. The number of piperidine rings is 2. The number of esters is 1. The molecule has 20 rings (SSSR count). The third kappa shape index (κ3) is 24.2. The van der Waals surface area contributed by atoms with Gasteiger partial charge in [0, 0.05) is 109 Å². The Morgan fingerprint density at radius 2 is 0.811 bits per heavy atom. The summed E-state index contributed by atoms with van der Waals surface area (Å²) < 4.78 is 7.14. The molecule has 0 amide bonds. The number of aromatic nitrogens is 12. The number of nitrogens with zero attached hydrogens (tertiary/aromatic N) is 18. The van der Waals surface area contributed by atoms with Crippen molar-refractivity contribution in [3.05, 3.63) is 222 Å². The first kappa shape index (κ1) is 106. The van der Waals surface area contributed by atoms with Crippen LogP contribution in [0.15, 0.2) is 109 Å². The lowest BCUT2D eigenvalue weighted by atomic mass is 9.95. The van der Waals surface area contributed by atoms with E-state index in [1.165, 1.54) is 0 Å². The highest BCUT2D eigenvalue weighted by atomic mass is 16.5. The number of carboxylic acid groups (broad SMARTS) is 3. The van der Waals surface area contributed by atoms with Crippen LogP contribution in [-0.2, 0) is 35.3 Å². The van der Waals surface area contributed by atoms with Crippen molar-refractivity contribution in [3.8, 4) is 11.5 Å². The van der Waals surface area contributed by atoms with E-state index in [0.29, 0.717) is 164 Å². The van der Waals surface area contributed by atoms with E-state index in [0.717, 1.165) is 204 Å². The summed E-state index contributed by atoms with van der Waals surface area (Å²) in [5, 5.41) is 35.6. The number of carboxylic acids is 3. The number of hydrogen-bond donors (Lipinski definition) is 10. The van der Waals surface area contributed by atoms with E-state index in [9.17, 15) is 63.0 Å². The van der Waals surface area contributed by atoms with Gasteiger partial charge in [-0.1, -0.05) is 26.3 Å². The summed E-state index contributed by atoms with van der Waals surface area (Å²) in [5.74, 6) is 0.263. The lowest BCUT2D eigenvalue weighted by Gasteiger charge is -2.34. The Morgan fingerprint density at radius 3 is 1.25 bits per heavy atom. The normalized spacial score (nSPS) is 18.9. The van der Waals surface area contributed by atoms with Crippen molar-refractivity contribution in [2.75, 3.05) is 118 Å². The topological polar surface area (TPSA) is 515 Å². The van der Waals surface area contributed by atoms with E-state index in [4.69, 9.17) is 9.84 Å². The summed E-state index contributed by atoms with van der Waals surface area (Å²) in [6, 6.07) is 20.9. The number of likely N-dealkylation sites (tertiary alicyclic amines) is 3. The van der Waals surface area contributed by atoms with Crippen LogP contribution in [0.5, 0.6) is 0 Å². The van der Waals surface area contributed by atoms with Gasteiger partial charge in [-0.2, -0.15) is 4.98 Å². The Hall–Kier alpha value is -14.9. The van der Waals surface area contributed by atoms with Gasteiger partial charge in [-0.25, -0.2) is 49.7 Å². The molecule has 4 aromatic heterocycles. The number of rotatable bonds is 25. The van der Waals surface area contributed by atoms with E-state index < -0.39 is 29.2 Å². The van der Waals surface area contributed by atoms with Crippen molar-refractivity contribution in [2.45, 2.75) is 198 Å². The second-order valence-corrected chi connectivity index (χ2v) is 40.2. The maximum Gasteiger partial charge on any atom is 0.349 e. The fraction of sp³-hybridized carbons (Fsp3) is 0.454. The highest BCUT2D eigenvalue weighted by Crippen LogP contribution is 2.42. The third-order valence-corrected chi connectivity index (χ3v) is 29.7. The van der Waals surface area contributed by atoms with Crippen LogP contribution in [0, 0.1) is 92.9 Å². The second kappa shape index (κ2) is 45.6. The van der Waals surface area contributed by atoms with Gasteiger partial charge in [0.25, 0.3) is 27.8 Å². The number of H-pyrrole nitrogens is 5. The van der Waals surface area contributed by atoms with Crippen LogP contribution < -0.4 is 107 Å². The number of fused-ring (bicyclic) bond motifs is 10. The zero-order valence-corrected chi connectivity index (χ0v) is 86.1. The summed E-state index contributed by atoms with van der Waals surface area (Å²) in [4.78, 5) is 204. The summed E-state index contributed by atoms with van der Waals surface area (Å²) in [5.41, 5.74) is 18.5. The highest BCUT2D eigenvalue weighted by molar-refractivity contribution is 5.84. The second-order valence-electron chi connectivity index (χ2n) is 40.2. The maximum absolute atomic E-state index is 12.6. The number of anilines is 8. The van der Waals surface area contributed by atoms with Gasteiger partial charge in [0.2, 0.25) is 0 Å². The number of benzene rings is 5. The van der Waals surface area contributed by atoms with Gasteiger partial charge >= 0.3 is 29.6 Å². The van der Waals surface area contributed by atoms with Crippen LogP contribution in [0.25, 0.3) is 48.9 Å². The van der Waals surface area contributed by atoms with E-state index >= 15 is 0 Å². The number of aryl methyl sites for hydroxylation is 10. The molecule has 40 nitrogen and oxygen atoms in total. The number of aliphatic carboxylic acids is 3. The molecule has 40 heteroatoms. The Balaban J connectivity index is 0.000000132. The number of ether oxygens (including phenoxy) is 1. The van der Waals surface area contributed by atoms with Crippen LogP contribution in [0.3, 0.4) is 0 Å². The molecular formula is C108H131N25O15. The Kier molecular flexibility index (Phi) is 32.7. The quantitative estimate of drug-likeness (QED) is 0.0213. The molecule has 148 heavy (non-hydrogen) atoms. The molecule has 3 saturated heterocycles. The van der Waals surface area contributed by atoms with Gasteiger partial charge in [-0.15, -0.1) is 0 Å². The average Bonchev–Trinajstić information content (AvgIpc) is 0.814. The summed E-state index contributed by atoms with van der Waals surface area (Å²) in [7, 11) is 0. The smallest absolute Gasteiger partial charge is 0.349 e. The van der Waals surface area contributed by atoms with Crippen molar-refractivity contribution < 1.29 is 44.0 Å². The number of Topliss-reactive ketones (excluding diaryl/α,β-unsaturated/α-hetero) is 1. The number of aromatic amines is 5. The molecule has 9 aromatic rings. The molecule has 13 heterocycles. The molecule has 9 aliphatic heterocycles. The Morgan fingerprint density at radius 1 is 0.412 bits per heavy atom. The molecule has 5 aromatic carbocycles. The molecule has 2 aliphatic carbocycles. The van der Waals surface area contributed by atoms with E-state index in [1.807, 2.05) is 118 Å². The van der Waals surface area contributed by atoms with Gasteiger partial charge < -0.3 is 84.6 Å². The van der Waals surface area contributed by atoms with E-state index in [1.54, 1.807) is 6.92 Å². The SMILES string of the molecule is C=c1nc2c(c(=O)[nH]1)=Nc1cc(C)c(C)cc1N2CCN1CCCC(C(=O)OCC)C1.C=c1nc2c(c(=O)[nH]1)=Nc1cc(C)c(C)cc1N2CCN1CCC[C@H]1CC(=O)O.C=c1nc2c(c(=O)[nH]1)=Nc1cc(C)c(C)cc1N2CCN[C@@H]1CC[C@@H](C(=O)O)C1.C=c1nc2c(c(=O)[nH]1)=Nc1cc(C)c(C)cc1N2CCN[C@H]1CC[C@@H](CC(=O)O)C1.CC(=O)C1CCCN(CCn2c3nc(=O)[nH]c(=O)c-3nc3cc(C)c(C)cc32)C1. The molecule has 11 aliphatic rings. The van der Waals surface area contributed by atoms with E-state index in [2.05, 4.69) is 169 Å². The molecule has 10 N–H and O–H groups in total. The summed E-state index contributed by atoms with van der Waals surface area (Å²) in [6.45, 7) is 50.0. The summed E-state index contributed by atoms with van der Waals surface area (Å²) in [6.07, 6.45) is 11.1. The Labute approximate surface area is 852 Å². The molecule has 2 saturated carbocycles. The number of nitrogens with one attached hydrogen (secondary N) is 7. The minimum absolute atomic E-state index is 0.0520. The van der Waals surface area contributed by atoms with Gasteiger partial charge in [0.1, 0.15) is 27.7 Å². The van der Waals surface area contributed by atoms with Crippen molar-refractivity contribution in [1.29, 1.82) is 0 Å². The molecule has 0 radical (unpaired) electrons. The lowest BCUT2D eigenvalue weighted by molar-refractivity contribution is -0.150. The molecule has 778 valence electrons. The molecule has 0 bridgehead atoms. The lowest BCUT2D eigenvalue weighted by Crippen LogP contribution is -2.46. The van der Waals surface area contributed by atoms with Crippen LogP contribution in [0.4, 0.5) is 68.8 Å². The fourth-order valence-corrected chi connectivity index (χ4v) is 21.1. The first-order valence-electron chi connectivity index (χ1n) is 50.9. The zero-order chi connectivity index (χ0) is 106. The molecular weight excluding hydrogens is 1890 g/mol. The van der Waals surface area contributed by atoms with Crippen LogP contribution >= 0.6 is 0 Å². The Bertz CT molecular complexity index is 7920. The largest absolute Gasteiger partial charge is 0.481 e. The fourth-order valence-electron chi connectivity index (χ4n) is 21.1. The number of carbonyl (C=O) groups excluding carboxylic acids is 2. The number of ketones is 1. The first-order valence-corrected chi connectivity index (χ1v) is 50.9. The van der Waals surface area contributed by atoms with Crippen LogP contribution in [0.2, 0.25) is 0 Å². The van der Waals surface area contributed by atoms with Crippen molar-refractivity contribution in [1.82, 2.24) is 84.7 Å². The summed E-state index contributed by atoms with van der Waals surface area (Å²) >= 11 is 0. The van der Waals surface area contributed by atoms with Gasteiger partial charge in [-0.05, 0) is 302 Å². The van der Waals surface area contributed by atoms with Crippen LogP contribution in [0.1, 0.15) is 159 Å². The predicted molar refractivity (Wildman–Crippen MR) is 566 cm³/mol. The standard InChI is InChI=1S/C23H29N5O3.C22H27N5O3.3C21H25N5O3/c1-5-31-23(30)17-7-6-8-27(13-17)9-10-28-19-12-15(3)14(2)11-18(19)26-20-21(28)24-16(4)25-22(20)29;1-12-8-17-18(9-13(12)2)27(21-20(26-17)22(30)25-14(3)24-21)7-6-23-16-5-4-15(10-16)11-19(28)29;1-11-8-16-17(9-12(11)2)26(19-18(25-16)20(27)24-13(3)23-19)7-6-22-15-5-4-14(10-15)21(28)29;1-12-9-16-17(10-13(12)2)26(20-19(24-16)21(29)23-14(3)22-20)8-7-25-6-4-5-15(25)11-18(27)28;1-12-9-16-17(10-13(12)2)26(19-18(22-16)20(28)24-21(29)23-19)8-7-25-6-4-5-15(11-25)14(3)27/h11-12,17H,4-10,13H2,1-3H3,(H,25,29);8-9,15-16,23H,3-7,10-11H2,1-2H3,(H,25,30)(H,28,29);8-9,14-15,22H,3-7,10H2,1-2H3,(H,24,27)(H,28,29);9-10,15H,3-8,11H2,1-2H3,(H,23,29)(H,27,28);9-10,15H,4-8,11H2,1-3H3,(H,24,28,29)/t;15-,16+;14-,15-;15-;/m.110./s1. The molecule has 7 atom stereocenters. The first-order chi connectivity index (χ1) is 70.7. The minimum Gasteiger partial charge on any atom is -0.481 e. The number of hydrogen-bond acceptors (Lipinski definition) is 31. The minimum atomic E-state index is -0.768. The van der Waals surface area contributed by atoms with Crippen molar-refractivity contribution in [2.24, 2.45) is 43.6 Å². The van der Waals surface area contributed by atoms with Gasteiger partial charge in [-0.3, -0.25) is 57.8 Å². The average molecular weight is 2020 g/mol. The zero-order valence-electron chi connectivity index (χ0n) is 86.1. The molecule has 0 spiro atoms. The van der Waals surface area contributed by atoms with Crippen LogP contribution in [-0.4, -0.2) is 235 Å². The van der Waals surface area contributed by atoms with E-state index in [-0.39, 0.29) is 93.6 Å². The molecule has 2 unspecified atom stereocenters. The third-order valence-electron chi connectivity index (χ3n) is 29.7. The highest BCUT2D eigenvalue weighted by Gasteiger charge is 2.37.